The summed E-state index contributed by atoms with van der Waals surface area (Å²) in [5, 5.41) is 4.36. The molecule has 2 N–H and O–H groups in total. The molecule has 24 heavy (non-hydrogen) atoms. The third kappa shape index (κ3) is 2.77. The van der Waals surface area contributed by atoms with Crippen molar-refractivity contribution in [2.24, 2.45) is 0 Å². The second-order valence-corrected chi connectivity index (χ2v) is 5.25. The van der Waals surface area contributed by atoms with E-state index in [0.717, 1.165) is 33.7 Å². The van der Waals surface area contributed by atoms with Gasteiger partial charge in [-0.3, -0.25) is 4.98 Å². The number of anilines is 2. The molecule has 0 aliphatic carbocycles. The highest BCUT2D eigenvalue weighted by Crippen LogP contribution is 2.23. The molecule has 0 amide bonds. The second-order valence-electron chi connectivity index (χ2n) is 5.25. The summed E-state index contributed by atoms with van der Waals surface area (Å²) in [6.07, 6.45) is 5.32. The van der Waals surface area contributed by atoms with E-state index in [2.05, 4.69) is 25.3 Å². The summed E-state index contributed by atoms with van der Waals surface area (Å²) in [7, 11) is 1.63. The minimum Gasteiger partial charge on any atom is -0.497 e. The number of rotatable bonds is 4. The van der Waals surface area contributed by atoms with E-state index in [9.17, 15) is 0 Å². The van der Waals surface area contributed by atoms with Crippen molar-refractivity contribution in [3.05, 3.63) is 61.1 Å². The molecule has 0 spiro atoms. The molecule has 0 fully saturated rings. The average Bonchev–Trinajstić information content (AvgIpc) is 3.10. The highest BCUT2D eigenvalue weighted by Gasteiger charge is 2.06. The van der Waals surface area contributed by atoms with Crippen LogP contribution >= 0.6 is 0 Å². The van der Waals surface area contributed by atoms with Gasteiger partial charge in [-0.05, 0) is 36.4 Å². The number of ether oxygens (including phenoxy) is 1. The van der Waals surface area contributed by atoms with Crippen molar-refractivity contribution in [3.63, 3.8) is 0 Å². The van der Waals surface area contributed by atoms with Crippen LogP contribution in [0.25, 0.3) is 22.3 Å². The fourth-order valence-electron chi connectivity index (χ4n) is 2.50. The lowest BCUT2D eigenvalue weighted by Gasteiger charge is -2.07. The van der Waals surface area contributed by atoms with Crippen LogP contribution in [0.1, 0.15) is 0 Å². The van der Waals surface area contributed by atoms with Gasteiger partial charge in [-0.2, -0.15) is 0 Å². The molecule has 118 valence electrons. The van der Waals surface area contributed by atoms with E-state index in [1.165, 1.54) is 0 Å². The molecule has 3 heterocycles. The van der Waals surface area contributed by atoms with Gasteiger partial charge in [-0.25, -0.2) is 9.97 Å². The van der Waals surface area contributed by atoms with Gasteiger partial charge in [0.25, 0.3) is 0 Å². The zero-order valence-electron chi connectivity index (χ0n) is 13.0. The summed E-state index contributed by atoms with van der Waals surface area (Å²) < 4.78 is 5.23. The fourth-order valence-corrected chi connectivity index (χ4v) is 2.50. The minimum atomic E-state index is 0.520. The highest BCUT2D eigenvalue weighted by molar-refractivity contribution is 5.83. The average molecular weight is 317 g/mol. The van der Waals surface area contributed by atoms with Gasteiger partial charge in [0.1, 0.15) is 5.75 Å². The largest absolute Gasteiger partial charge is 0.497 e. The standard InChI is InChI=1S/C18H15N5O/c1-24-14-5-8-20-17(11-14)16-6-9-21-18(23-16)22-13-2-3-15-12(10-13)4-7-19-15/h2-11,19H,1H3,(H,21,22,23). The number of hydrogen-bond donors (Lipinski definition) is 2. The summed E-state index contributed by atoms with van der Waals surface area (Å²) >= 11 is 0. The number of methoxy groups -OCH3 is 1. The minimum absolute atomic E-state index is 0.520. The van der Waals surface area contributed by atoms with E-state index >= 15 is 0 Å². The van der Waals surface area contributed by atoms with Crippen LogP contribution in [0.2, 0.25) is 0 Å². The van der Waals surface area contributed by atoms with Crippen LogP contribution in [-0.2, 0) is 0 Å². The van der Waals surface area contributed by atoms with Gasteiger partial charge >= 0.3 is 0 Å². The van der Waals surface area contributed by atoms with Crippen molar-refractivity contribution in [2.75, 3.05) is 12.4 Å². The summed E-state index contributed by atoms with van der Waals surface area (Å²) in [4.78, 5) is 16.3. The maximum Gasteiger partial charge on any atom is 0.227 e. The lowest BCUT2D eigenvalue weighted by molar-refractivity contribution is 0.414. The molecule has 4 aromatic rings. The Hall–Kier alpha value is -3.41. The predicted octanol–water partition coefficient (Wildman–Crippen LogP) is 3.77. The van der Waals surface area contributed by atoms with Crippen LogP contribution in [0.5, 0.6) is 5.75 Å². The molecule has 0 unspecified atom stereocenters. The van der Waals surface area contributed by atoms with Crippen molar-refractivity contribution in [1.29, 1.82) is 0 Å². The van der Waals surface area contributed by atoms with E-state index in [0.29, 0.717) is 5.95 Å². The van der Waals surface area contributed by atoms with Gasteiger partial charge in [0, 0.05) is 41.2 Å². The lowest BCUT2D eigenvalue weighted by atomic mass is 10.2. The molecule has 1 aromatic carbocycles. The van der Waals surface area contributed by atoms with Gasteiger partial charge in [-0.15, -0.1) is 0 Å². The number of benzene rings is 1. The third-order valence-electron chi connectivity index (χ3n) is 3.69. The number of pyridine rings is 1. The molecule has 0 bridgehead atoms. The topological polar surface area (TPSA) is 75.7 Å². The number of fused-ring (bicyclic) bond motifs is 1. The molecule has 0 aliphatic heterocycles. The van der Waals surface area contributed by atoms with Gasteiger partial charge < -0.3 is 15.0 Å². The third-order valence-corrected chi connectivity index (χ3v) is 3.69. The van der Waals surface area contributed by atoms with Crippen molar-refractivity contribution in [3.8, 4) is 17.1 Å². The molecular formula is C18H15N5O. The Kier molecular flexibility index (Phi) is 3.55. The Balaban J connectivity index is 1.64. The molecule has 0 saturated heterocycles. The fraction of sp³-hybridized carbons (Fsp3) is 0.0556. The van der Waals surface area contributed by atoms with Crippen molar-refractivity contribution < 1.29 is 4.74 Å². The normalized spacial score (nSPS) is 10.7. The molecule has 4 rings (SSSR count). The summed E-state index contributed by atoms with van der Waals surface area (Å²) in [6.45, 7) is 0. The maximum absolute atomic E-state index is 5.23. The van der Waals surface area contributed by atoms with E-state index in [1.54, 1.807) is 25.6 Å². The van der Waals surface area contributed by atoms with Crippen LogP contribution in [0.3, 0.4) is 0 Å². The zero-order valence-corrected chi connectivity index (χ0v) is 13.0. The van der Waals surface area contributed by atoms with Gasteiger partial charge in [0.05, 0.1) is 18.5 Å². The molecule has 6 nitrogen and oxygen atoms in total. The molecule has 0 aliphatic rings. The summed E-state index contributed by atoms with van der Waals surface area (Å²) in [5.74, 6) is 1.26. The molecular weight excluding hydrogens is 302 g/mol. The zero-order chi connectivity index (χ0) is 16.4. The Labute approximate surface area is 138 Å². The van der Waals surface area contributed by atoms with Crippen molar-refractivity contribution >= 4 is 22.5 Å². The van der Waals surface area contributed by atoms with E-state index in [1.807, 2.05) is 42.6 Å². The maximum atomic E-state index is 5.23. The number of aromatic nitrogens is 4. The summed E-state index contributed by atoms with van der Waals surface area (Å²) in [6, 6.07) is 13.5. The van der Waals surface area contributed by atoms with Crippen LogP contribution < -0.4 is 10.1 Å². The number of aromatic amines is 1. The van der Waals surface area contributed by atoms with Gasteiger partial charge in [-0.1, -0.05) is 0 Å². The van der Waals surface area contributed by atoms with Crippen molar-refractivity contribution in [1.82, 2.24) is 19.9 Å². The first-order valence-electron chi connectivity index (χ1n) is 7.49. The SMILES string of the molecule is COc1ccnc(-c2ccnc(Nc3ccc4[nH]ccc4c3)n2)c1. The number of nitrogens with zero attached hydrogens (tertiary/aromatic N) is 3. The lowest BCUT2D eigenvalue weighted by Crippen LogP contribution is -1.98. The highest BCUT2D eigenvalue weighted by atomic mass is 16.5. The first-order valence-corrected chi connectivity index (χ1v) is 7.49. The van der Waals surface area contributed by atoms with E-state index in [-0.39, 0.29) is 0 Å². The van der Waals surface area contributed by atoms with Crippen LogP contribution in [0.4, 0.5) is 11.6 Å². The molecule has 0 saturated carbocycles. The van der Waals surface area contributed by atoms with E-state index < -0.39 is 0 Å². The Morgan fingerprint density at radius 2 is 1.88 bits per heavy atom. The molecule has 3 aromatic heterocycles. The van der Waals surface area contributed by atoms with Crippen LogP contribution in [0.15, 0.2) is 61.1 Å². The van der Waals surface area contributed by atoms with E-state index in [4.69, 9.17) is 4.74 Å². The first-order chi connectivity index (χ1) is 11.8. The number of H-pyrrole nitrogens is 1. The van der Waals surface area contributed by atoms with Crippen molar-refractivity contribution in [2.45, 2.75) is 0 Å². The quantitative estimate of drug-likeness (QED) is 0.599. The predicted molar refractivity (Wildman–Crippen MR) is 93.4 cm³/mol. The number of nitrogens with one attached hydrogen (secondary N) is 2. The molecule has 0 radical (unpaired) electrons. The Morgan fingerprint density at radius 3 is 2.79 bits per heavy atom. The smallest absolute Gasteiger partial charge is 0.227 e. The van der Waals surface area contributed by atoms with Crippen LogP contribution in [0, 0.1) is 0 Å². The number of hydrogen-bond acceptors (Lipinski definition) is 5. The monoisotopic (exact) mass is 317 g/mol. The Bertz CT molecular complexity index is 995. The Morgan fingerprint density at radius 1 is 0.958 bits per heavy atom. The van der Waals surface area contributed by atoms with Gasteiger partial charge in [0.2, 0.25) is 5.95 Å². The first kappa shape index (κ1) is 14.2. The second kappa shape index (κ2) is 6.00. The molecule has 0 atom stereocenters. The molecule has 6 heteroatoms. The van der Waals surface area contributed by atoms with Crippen LogP contribution in [-0.4, -0.2) is 27.0 Å². The van der Waals surface area contributed by atoms with Gasteiger partial charge in [0.15, 0.2) is 0 Å². The summed E-state index contributed by atoms with van der Waals surface area (Å²) in [5.41, 5.74) is 3.49.